The molecule has 0 aliphatic rings. The Morgan fingerprint density at radius 1 is 1.17 bits per heavy atom. The van der Waals surface area contributed by atoms with Crippen molar-refractivity contribution < 1.29 is 4.74 Å². The Labute approximate surface area is 185 Å². The summed E-state index contributed by atoms with van der Waals surface area (Å²) in [7, 11) is 1.72. The predicted molar refractivity (Wildman–Crippen MR) is 121 cm³/mol. The van der Waals surface area contributed by atoms with Crippen LogP contribution in [0.25, 0.3) is 11.0 Å². The number of benzene rings is 2. The molecule has 2 aromatic heterocycles. The Balaban J connectivity index is 1.64. The van der Waals surface area contributed by atoms with Gasteiger partial charge < -0.3 is 13.9 Å². The summed E-state index contributed by atoms with van der Waals surface area (Å²) in [5.74, 6) is 0.993. The molecule has 156 valence electrons. The average Bonchev–Trinajstić information content (AvgIpc) is 3.33. The first-order valence-corrected chi connectivity index (χ1v) is 11.1. The third kappa shape index (κ3) is 4.69. The highest BCUT2D eigenvalue weighted by Crippen LogP contribution is 2.35. The maximum absolute atomic E-state index is 6.23. The third-order valence-electron chi connectivity index (χ3n) is 4.90. The highest BCUT2D eigenvalue weighted by Gasteiger charge is 2.20. The van der Waals surface area contributed by atoms with Crippen LogP contribution in [0.5, 0.6) is 0 Å². The lowest BCUT2D eigenvalue weighted by atomic mass is 10.2. The van der Waals surface area contributed by atoms with Gasteiger partial charge in [-0.25, -0.2) is 4.98 Å². The average molecular weight is 442 g/mol. The van der Waals surface area contributed by atoms with Gasteiger partial charge in [-0.15, -0.1) is 10.2 Å². The number of hydrogen-bond donors (Lipinski definition) is 0. The van der Waals surface area contributed by atoms with E-state index in [1.807, 2.05) is 24.3 Å². The normalized spacial score (nSPS) is 12.5. The van der Waals surface area contributed by atoms with Crippen molar-refractivity contribution in [1.82, 2.24) is 24.3 Å². The number of imidazole rings is 1. The number of hydrogen-bond acceptors (Lipinski definition) is 5. The van der Waals surface area contributed by atoms with E-state index in [0.29, 0.717) is 11.6 Å². The van der Waals surface area contributed by atoms with Gasteiger partial charge in [-0.1, -0.05) is 53.7 Å². The number of methoxy groups -OCH3 is 1. The fourth-order valence-electron chi connectivity index (χ4n) is 3.44. The topological polar surface area (TPSA) is 57.8 Å². The molecule has 0 saturated carbocycles. The molecular weight excluding hydrogens is 418 g/mol. The van der Waals surface area contributed by atoms with E-state index in [1.165, 1.54) is 5.56 Å². The number of rotatable bonds is 9. The van der Waals surface area contributed by atoms with Crippen molar-refractivity contribution in [3.05, 3.63) is 71.3 Å². The SMILES string of the molecule is COCCCn1cnnc1SC(C)c1nc2cc(Cl)ccc2n1Cc1ccccc1. The lowest BCUT2D eigenvalue weighted by Crippen LogP contribution is -2.08. The molecule has 0 fully saturated rings. The molecule has 0 aliphatic carbocycles. The third-order valence-corrected chi connectivity index (χ3v) is 6.22. The van der Waals surface area contributed by atoms with Crippen molar-refractivity contribution in [1.29, 1.82) is 0 Å². The maximum atomic E-state index is 6.23. The van der Waals surface area contributed by atoms with Gasteiger partial charge in [0.1, 0.15) is 12.2 Å². The van der Waals surface area contributed by atoms with Gasteiger partial charge in [0, 0.05) is 31.8 Å². The fourth-order valence-corrected chi connectivity index (χ4v) is 4.58. The van der Waals surface area contributed by atoms with Crippen molar-refractivity contribution >= 4 is 34.4 Å². The molecular formula is C22H24ClN5OS. The minimum Gasteiger partial charge on any atom is -0.385 e. The number of aryl methyl sites for hydroxylation is 1. The Hall–Kier alpha value is -2.35. The van der Waals surface area contributed by atoms with E-state index in [0.717, 1.165) is 41.5 Å². The van der Waals surface area contributed by atoms with Crippen LogP contribution < -0.4 is 0 Å². The number of ether oxygens (including phenoxy) is 1. The summed E-state index contributed by atoms with van der Waals surface area (Å²) in [5, 5.41) is 10.1. The van der Waals surface area contributed by atoms with E-state index in [4.69, 9.17) is 21.3 Å². The highest BCUT2D eigenvalue weighted by molar-refractivity contribution is 7.99. The number of fused-ring (bicyclic) bond motifs is 1. The second kappa shape index (κ2) is 9.64. The second-order valence-corrected chi connectivity index (χ2v) is 8.83. The summed E-state index contributed by atoms with van der Waals surface area (Å²) in [5.41, 5.74) is 3.21. The first-order chi connectivity index (χ1) is 14.7. The van der Waals surface area contributed by atoms with Crippen molar-refractivity contribution in [2.24, 2.45) is 0 Å². The maximum Gasteiger partial charge on any atom is 0.191 e. The zero-order chi connectivity index (χ0) is 20.9. The van der Waals surface area contributed by atoms with E-state index in [9.17, 15) is 0 Å². The molecule has 0 radical (unpaired) electrons. The Kier molecular flexibility index (Phi) is 6.72. The van der Waals surface area contributed by atoms with Crippen molar-refractivity contribution in [3.63, 3.8) is 0 Å². The number of nitrogens with zero attached hydrogens (tertiary/aromatic N) is 5. The van der Waals surface area contributed by atoms with Crippen LogP contribution in [0, 0.1) is 0 Å². The van der Waals surface area contributed by atoms with Crippen LogP contribution in [-0.4, -0.2) is 38.0 Å². The molecule has 0 N–H and O–H groups in total. The van der Waals surface area contributed by atoms with Gasteiger partial charge in [-0.3, -0.25) is 0 Å². The molecule has 30 heavy (non-hydrogen) atoms. The van der Waals surface area contributed by atoms with E-state index < -0.39 is 0 Å². The van der Waals surface area contributed by atoms with Crippen LogP contribution in [0.3, 0.4) is 0 Å². The number of thioether (sulfide) groups is 1. The second-order valence-electron chi connectivity index (χ2n) is 7.09. The Bertz CT molecular complexity index is 1110. The minimum absolute atomic E-state index is 0.0882. The van der Waals surface area contributed by atoms with Crippen LogP contribution in [-0.2, 0) is 17.8 Å². The van der Waals surface area contributed by atoms with Crippen LogP contribution in [0.4, 0.5) is 0 Å². The first-order valence-electron chi connectivity index (χ1n) is 9.88. The molecule has 0 saturated heterocycles. The van der Waals surface area contributed by atoms with Crippen LogP contribution in [0.2, 0.25) is 5.02 Å². The molecule has 0 amide bonds. The summed E-state index contributed by atoms with van der Waals surface area (Å²) in [6.07, 6.45) is 2.69. The lowest BCUT2D eigenvalue weighted by Gasteiger charge is -2.15. The Morgan fingerprint density at radius 3 is 2.80 bits per heavy atom. The smallest absolute Gasteiger partial charge is 0.191 e. The van der Waals surface area contributed by atoms with Gasteiger partial charge in [0.2, 0.25) is 0 Å². The molecule has 6 nitrogen and oxygen atoms in total. The summed E-state index contributed by atoms with van der Waals surface area (Å²) in [6, 6.07) is 16.3. The van der Waals surface area contributed by atoms with E-state index in [2.05, 4.69) is 50.5 Å². The van der Waals surface area contributed by atoms with Gasteiger partial charge >= 0.3 is 0 Å². The lowest BCUT2D eigenvalue weighted by molar-refractivity contribution is 0.189. The van der Waals surface area contributed by atoms with Gasteiger partial charge in [-0.2, -0.15) is 0 Å². The fraction of sp³-hybridized carbons (Fsp3) is 0.318. The van der Waals surface area contributed by atoms with Gasteiger partial charge in [0.15, 0.2) is 5.16 Å². The minimum atomic E-state index is 0.0882. The van der Waals surface area contributed by atoms with Crippen LogP contribution in [0.15, 0.2) is 60.0 Å². The molecule has 1 atom stereocenters. The zero-order valence-electron chi connectivity index (χ0n) is 17.0. The first kappa shape index (κ1) is 20.9. The van der Waals surface area contributed by atoms with Crippen LogP contribution in [0.1, 0.15) is 30.0 Å². The van der Waals surface area contributed by atoms with Gasteiger partial charge in [0.05, 0.1) is 16.3 Å². The monoisotopic (exact) mass is 441 g/mol. The molecule has 8 heteroatoms. The molecule has 0 bridgehead atoms. The standard InChI is InChI=1S/C22H24ClN5OS/c1-16(30-22-26-24-15-27(22)11-6-12-29-2)21-25-19-13-18(23)9-10-20(19)28(21)14-17-7-4-3-5-8-17/h3-5,7-10,13,15-16H,6,11-12,14H2,1-2H3. The van der Waals surface area contributed by atoms with E-state index >= 15 is 0 Å². The van der Waals surface area contributed by atoms with Crippen LogP contribution >= 0.6 is 23.4 Å². The summed E-state index contributed by atoms with van der Waals surface area (Å²) in [4.78, 5) is 4.94. The number of halogens is 1. The van der Waals surface area contributed by atoms with E-state index in [-0.39, 0.29) is 5.25 Å². The van der Waals surface area contributed by atoms with Gasteiger partial charge in [-0.05, 0) is 37.1 Å². The van der Waals surface area contributed by atoms with Crippen molar-refractivity contribution in [2.75, 3.05) is 13.7 Å². The van der Waals surface area contributed by atoms with Crippen molar-refractivity contribution in [3.8, 4) is 0 Å². The molecule has 2 heterocycles. The molecule has 4 aromatic rings. The molecule has 4 rings (SSSR count). The van der Waals surface area contributed by atoms with Crippen molar-refractivity contribution in [2.45, 2.75) is 36.8 Å². The summed E-state index contributed by atoms with van der Waals surface area (Å²) in [6.45, 7) is 4.44. The largest absolute Gasteiger partial charge is 0.385 e. The molecule has 0 aliphatic heterocycles. The molecule has 2 aromatic carbocycles. The molecule has 0 spiro atoms. The quantitative estimate of drug-likeness (QED) is 0.263. The summed E-state index contributed by atoms with van der Waals surface area (Å²) >= 11 is 7.89. The number of aromatic nitrogens is 5. The molecule has 1 unspecified atom stereocenters. The Morgan fingerprint density at radius 2 is 2.00 bits per heavy atom. The zero-order valence-corrected chi connectivity index (χ0v) is 18.6. The predicted octanol–water partition coefficient (Wildman–Crippen LogP) is 5.22. The summed E-state index contributed by atoms with van der Waals surface area (Å²) < 4.78 is 9.50. The van der Waals surface area contributed by atoms with Gasteiger partial charge in [0.25, 0.3) is 0 Å². The highest BCUT2D eigenvalue weighted by atomic mass is 35.5. The van der Waals surface area contributed by atoms with E-state index in [1.54, 1.807) is 25.2 Å².